The predicted octanol–water partition coefficient (Wildman–Crippen LogP) is 4.20. The van der Waals surface area contributed by atoms with Gasteiger partial charge in [0.25, 0.3) is 0 Å². The molecule has 0 unspecified atom stereocenters. The average Bonchev–Trinajstić information content (AvgIpc) is 2.62. The summed E-state index contributed by atoms with van der Waals surface area (Å²) < 4.78 is 0. The van der Waals surface area contributed by atoms with Crippen LogP contribution in [0.25, 0.3) is 0 Å². The van der Waals surface area contributed by atoms with Crippen molar-refractivity contribution in [3.63, 3.8) is 0 Å². The third-order valence-electron chi connectivity index (χ3n) is 3.18. The molecule has 9 heteroatoms. The largest absolute Gasteiger partial charge is 0.360 e. The molecule has 2 heterocycles. The SMILES string of the molecule is O=[N+]([O-])c1c(NCc2cccnc2)ncnc1Sc1ccc(Cl)cc1. The molecule has 0 aliphatic heterocycles. The van der Waals surface area contributed by atoms with Gasteiger partial charge >= 0.3 is 5.69 Å². The van der Waals surface area contributed by atoms with Gasteiger partial charge in [-0.25, -0.2) is 9.97 Å². The molecule has 0 aliphatic carbocycles. The number of anilines is 1. The Balaban J connectivity index is 1.86. The molecule has 0 aliphatic rings. The molecule has 1 aromatic carbocycles. The number of hydrogen-bond donors (Lipinski definition) is 1. The summed E-state index contributed by atoms with van der Waals surface area (Å²) >= 11 is 7.05. The van der Waals surface area contributed by atoms with Crippen molar-refractivity contribution in [1.82, 2.24) is 15.0 Å². The number of aromatic nitrogens is 3. The van der Waals surface area contributed by atoms with E-state index in [0.717, 1.165) is 10.5 Å². The van der Waals surface area contributed by atoms with Crippen molar-refractivity contribution in [2.45, 2.75) is 16.5 Å². The van der Waals surface area contributed by atoms with Gasteiger partial charge in [-0.3, -0.25) is 15.1 Å². The number of nitrogens with zero attached hydrogens (tertiary/aromatic N) is 4. The summed E-state index contributed by atoms with van der Waals surface area (Å²) in [6, 6.07) is 10.7. The third-order valence-corrected chi connectivity index (χ3v) is 4.43. The van der Waals surface area contributed by atoms with E-state index >= 15 is 0 Å². The molecule has 0 radical (unpaired) electrons. The molecule has 7 nitrogen and oxygen atoms in total. The van der Waals surface area contributed by atoms with Crippen LogP contribution in [-0.4, -0.2) is 19.9 Å². The Hall–Kier alpha value is -2.71. The van der Waals surface area contributed by atoms with Crippen molar-refractivity contribution >= 4 is 34.9 Å². The summed E-state index contributed by atoms with van der Waals surface area (Å²) in [6.07, 6.45) is 4.65. The fourth-order valence-electron chi connectivity index (χ4n) is 2.03. The van der Waals surface area contributed by atoms with Gasteiger partial charge in [-0.2, -0.15) is 0 Å². The fraction of sp³-hybridized carbons (Fsp3) is 0.0625. The van der Waals surface area contributed by atoms with Crippen LogP contribution in [0.4, 0.5) is 11.5 Å². The summed E-state index contributed by atoms with van der Waals surface area (Å²) in [5, 5.41) is 15.4. The molecule has 0 amide bonds. The number of halogens is 1. The van der Waals surface area contributed by atoms with E-state index in [1.807, 2.05) is 6.07 Å². The van der Waals surface area contributed by atoms with Gasteiger partial charge in [-0.15, -0.1) is 0 Å². The van der Waals surface area contributed by atoms with Gasteiger partial charge in [-0.05, 0) is 35.9 Å². The minimum atomic E-state index is -0.482. The molecule has 126 valence electrons. The molecule has 0 spiro atoms. The van der Waals surface area contributed by atoms with E-state index in [-0.39, 0.29) is 16.5 Å². The molecule has 0 atom stereocenters. The summed E-state index contributed by atoms with van der Waals surface area (Å²) in [7, 11) is 0. The fourth-order valence-corrected chi connectivity index (χ4v) is 3.02. The molecule has 0 fully saturated rings. The van der Waals surface area contributed by atoms with Gasteiger partial charge in [0.1, 0.15) is 6.33 Å². The molecular formula is C16H12ClN5O2S. The standard InChI is InChI=1S/C16H12ClN5O2S/c17-12-3-5-13(6-4-12)25-16-14(22(23)24)15(20-10-21-16)19-9-11-2-1-7-18-8-11/h1-8,10H,9H2,(H,19,20,21). The lowest BCUT2D eigenvalue weighted by Crippen LogP contribution is -2.06. The summed E-state index contributed by atoms with van der Waals surface area (Å²) in [5.74, 6) is 0.167. The quantitative estimate of drug-likeness (QED) is 0.393. The minimum absolute atomic E-state index is 0.161. The molecule has 3 rings (SSSR count). The second-order valence-electron chi connectivity index (χ2n) is 4.90. The number of nitrogens with one attached hydrogen (secondary N) is 1. The van der Waals surface area contributed by atoms with E-state index < -0.39 is 4.92 Å². The highest BCUT2D eigenvalue weighted by Crippen LogP contribution is 2.36. The Kier molecular flexibility index (Phi) is 5.42. The third kappa shape index (κ3) is 4.43. The number of nitro groups is 1. The van der Waals surface area contributed by atoms with Gasteiger partial charge in [0.15, 0.2) is 5.03 Å². The highest BCUT2D eigenvalue weighted by atomic mass is 35.5. The predicted molar refractivity (Wildman–Crippen MR) is 95.8 cm³/mol. The number of rotatable bonds is 6. The van der Waals surface area contributed by atoms with E-state index in [1.165, 1.54) is 18.1 Å². The highest BCUT2D eigenvalue weighted by Gasteiger charge is 2.23. The smallest absolute Gasteiger partial charge is 0.343 e. The second-order valence-corrected chi connectivity index (χ2v) is 6.40. The first-order valence-corrected chi connectivity index (χ1v) is 8.38. The van der Waals surface area contributed by atoms with E-state index in [9.17, 15) is 10.1 Å². The van der Waals surface area contributed by atoms with E-state index in [2.05, 4.69) is 20.3 Å². The molecule has 0 saturated carbocycles. The lowest BCUT2D eigenvalue weighted by molar-refractivity contribution is -0.387. The Bertz CT molecular complexity index is 877. The first-order valence-electron chi connectivity index (χ1n) is 7.19. The number of pyridine rings is 1. The summed E-state index contributed by atoms with van der Waals surface area (Å²) in [4.78, 5) is 23.9. The molecule has 2 aromatic heterocycles. The van der Waals surface area contributed by atoms with Gasteiger partial charge in [-0.1, -0.05) is 29.4 Å². The molecule has 25 heavy (non-hydrogen) atoms. The molecule has 0 saturated heterocycles. The zero-order chi connectivity index (χ0) is 17.6. The molecule has 0 bridgehead atoms. The Morgan fingerprint density at radius 1 is 1.20 bits per heavy atom. The van der Waals surface area contributed by atoms with Crippen molar-refractivity contribution in [1.29, 1.82) is 0 Å². The number of hydrogen-bond acceptors (Lipinski definition) is 7. The zero-order valence-electron chi connectivity index (χ0n) is 12.8. The maximum Gasteiger partial charge on any atom is 0.343 e. The monoisotopic (exact) mass is 373 g/mol. The van der Waals surface area contributed by atoms with Crippen molar-refractivity contribution in [3.05, 3.63) is 75.8 Å². The van der Waals surface area contributed by atoms with Crippen molar-refractivity contribution in [2.75, 3.05) is 5.32 Å². The van der Waals surface area contributed by atoms with Crippen LogP contribution >= 0.6 is 23.4 Å². The molecular weight excluding hydrogens is 362 g/mol. The summed E-state index contributed by atoms with van der Waals surface area (Å²) in [6.45, 7) is 0.372. The van der Waals surface area contributed by atoms with Crippen molar-refractivity contribution < 1.29 is 4.92 Å². The highest BCUT2D eigenvalue weighted by molar-refractivity contribution is 7.99. The van der Waals surface area contributed by atoms with Crippen LogP contribution in [0, 0.1) is 10.1 Å². The van der Waals surface area contributed by atoms with E-state index in [4.69, 9.17) is 11.6 Å². The summed E-state index contributed by atoms with van der Waals surface area (Å²) in [5.41, 5.74) is 0.730. The molecule has 1 N–H and O–H groups in total. The van der Waals surface area contributed by atoms with Gasteiger partial charge in [0.05, 0.1) is 4.92 Å². The maximum absolute atomic E-state index is 11.5. The van der Waals surface area contributed by atoms with Crippen LogP contribution in [0.3, 0.4) is 0 Å². The van der Waals surface area contributed by atoms with Crippen LogP contribution < -0.4 is 5.32 Å². The van der Waals surface area contributed by atoms with Gasteiger partial charge < -0.3 is 5.32 Å². The average molecular weight is 374 g/mol. The van der Waals surface area contributed by atoms with Crippen molar-refractivity contribution in [3.8, 4) is 0 Å². The van der Waals surface area contributed by atoms with E-state index in [1.54, 1.807) is 42.7 Å². The lowest BCUT2D eigenvalue weighted by atomic mass is 10.3. The van der Waals surface area contributed by atoms with Crippen LogP contribution in [-0.2, 0) is 6.54 Å². The Labute approximate surface area is 152 Å². The van der Waals surface area contributed by atoms with Crippen LogP contribution in [0.5, 0.6) is 0 Å². The topological polar surface area (TPSA) is 93.8 Å². The zero-order valence-corrected chi connectivity index (χ0v) is 14.4. The van der Waals surface area contributed by atoms with E-state index in [0.29, 0.717) is 11.6 Å². The Morgan fingerprint density at radius 2 is 2.00 bits per heavy atom. The lowest BCUT2D eigenvalue weighted by Gasteiger charge is -2.08. The van der Waals surface area contributed by atoms with Gasteiger partial charge in [0, 0.05) is 28.9 Å². The Morgan fingerprint density at radius 3 is 2.68 bits per heavy atom. The van der Waals surface area contributed by atoms with Crippen LogP contribution in [0.1, 0.15) is 5.56 Å². The first-order chi connectivity index (χ1) is 12.1. The maximum atomic E-state index is 11.5. The second kappa shape index (κ2) is 7.91. The van der Waals surface area contributed by atoms with Crippen LogP contribution in [0.15, 0.2) is 65.0 Å². The normalized spacial score (nSPS) is 10.4. The van der Waals surface area contributed by atoms with Crippen molar-refractivity contribution in [2.24, 2.45) is 0 Å². The van der Waals surface area contributed by atoms with Gasteiger partial charge in [0.2, 0.25) is 5.82 Å². The van der Waals surface area contributed by atoms with Crippen LogP contribution in [0.2, 0.25) is 5.02 Å². The number of benzene rings is 1. The first kappa shape index (κ1) is 17.1. The molecule has 3 aromatic rings. The minimum Gasteiger partial charge on any atom is -0.360 e.